The lowest BCUT2D eigenvalue weighted by Crippen LogP contribution is -2.19. The molecule has 0 aliphatic rings. The number of pyridine rings is 1. The standard InChI is InChI=1S/C15H11F2N3O3/c1-23-15(22)9-2-3-10(12(16)6-9)7-19-20-14(21)11-4-5-18-8-13(11)17/h2-8H,1H3,(H,20,21)/b19-7+. The summed E-state index contributed by atoms with van der Waals surface area (Å²) in [5, 5.41) is 3.55. The van der Waals surface area contributed by atoms with Gasteiger partial charge in [-0.1, -0.05) is 0 Å². The van der Waals surface area contributed by atoms with E-state index >= 15 is 0 Å². The summed E-state index contributed by atoms with van der Waals surface area (Å²) < 4.78 is 31.6. The van der Waals surface area contributed by atoms with Gasteiger partial charge in [0.25, 0.3) is 5.91 Å². The number of carbonyl (C=O) groups excluding carboxylic acids is 2. The van der Waals surface area contributed by atoms with Crippen LogP contribution in [0.1, 0.15) is 26.3 Å². The number of hydrogen-bond acceptors (Lipinski definition) is 5. The lowest BCUT2D eigenvalue weighted by atomic mass is 10.1. The maximum atomic E-state index is 13.8. The second-order valence-corrected chi connectivity index (χ2v) is 4.28. The monoisotopic (exact) mass is 319 g/mol. The van der Waals surface area contributed by atoms with Gasteiger partial charge in [-0.15, -0.1) is 0 Å². The second-order valence-electron chi connectivity index (χ2n) is 4.28. The van der Waals surface area contributed by atoms with Crippen molar-refractivity contribution in [1.82, 2.24) is 10.4 Å². The molecule has 0 aliphatic heterocycles. The smallest absolute Gasteiger partial charge is 0.337 e. The summed E-state index contributed by atoms with van der Waals surface area (Å²) in [4.78, 5) is 26.4. The Morgan fingerprint density at radius 2 is 2.04 bits per heavy atom. The zero-order valence-corrected chi connectivity index (χ0v) is 11.9. The Hall–Kier alpha value is -3.16. The van der Waals surface area contributed by atoms with Crippen LogP contribution in [0.5, 0.6) is 0 Å². The van der Waals surface area contributed by atoms with Crippen molar-refractivity contribution in [2.45, 2.75) is 0 Å². The molecular formula is C15H11F2N3O3. The molecule has 8 heteroatoms. The third-order valence-electron chi connectivity index (χ3n) is 2.81. The van der Waals surface area contributed by atoms with E-state index < -0.39 is 23.5 Å². The summed E-state index contributed by atoms with van der Waals surface area (Å²) in [5.41, 5.74) is 1.91. The Morgan fingerprint density at radius 1 is 1.26 bits per heavy atom. The fourth-order valence-electron chi connectivity index (χ4n) is 1.66. The van der Waals surface area contributed by atoms with Crippen molar-refractivity contribution in [3.8, 4) is 0 Å². The molecule has 0 bridgehead atoms. The Balaban J connectivity index is 2.08. The van der Waals surface area contributed by atoms with Crippen molar-refractivity contribution >= 4 is 18.1 Å². The van der Waals surface area contributed by atoms with E-state index in [1.807, 2.05) is 0 Å². The van der Waals surface area contributed by atoms with Crippen LogP contribution >= 0.6 is 0 Å². The highest BCUT2D eigenvalue weighted by Crippen LogP contribution is 2.10. The van der Waals surface area contributed by atoms with Crippen molar-refractivity contribution in [3.63, 3.8) is 0 Å². The van der Waals surface area contributed by atoms with Crippen molar-refractivity contribution in [2.75, 3.05) is 7.11 Å². The van der Waals surface area contributed by atoms with Gasteiger partial charge in [-0.2, -0.15) is 5.10 Å². The topological polar surface area (TPSA) is 80.6 Å². The highest BCUT2D eigenvalue weighted by Gasteiger charge is 2.11. The van der Waals surface area contributed by atoms with Crippen LogP contribution in [0.4, 0.5) is 8.78 Å². The first-order chi connectivity index (χ1) is 11.0. The molecule has 0 atom stereocenters. The molecule has 2 rings (SSSR count). The van der Waals surface area contributed by atoms with Gasteiger partial charge in [0.2, 0.25) is 0 Å². The van der Waals surface area contributed by atoms with Gasteiger partial charge in [0.05, 0.1) is 30.6 Å². The summed E-state index contributed by atoms with van der Waals surface area (Å²) in [5.74, 6) is -2.99. The molecule has 2 aromatic rings. The summed E-state index contributed by atoms with van der Waals surface area (Å²) >= 11 is 0. The van der Waals surface area contributed by atoms with Crippen molar-refractivity contribution in [1.29, 1.82) is 0 Å². The van der Waals surface area contributed by atoms with Gasteiger partial charge in [-0.3, -0.25) is 9.78 Å². The maximum Gasteiger partial charge on any atom is 0.337 e. The Kier molecular flexibility index (Phi) is 5.08. The molecular weight excluding hydrogens is 308 g/mol. The zero-order chi connectivity index (χ0) is 16.8. The van der Waals surface area contributed by atoms with Gasteiger partial charge in [0, 0.05) is 11.8 Å². The van der Waals surface area contributed by atoms with Gasteiger partial charge in [0.15, 0.2) is 5.82 Å². The molecule has 0 saturated carbocycles. The van der Waals surface area contributed by atoms with E-state index in [1.165, 1.54) is 31.5 Å². The minimum absolute atomic E-state index is 0.0353. The predicted molar refractivity (Wildman–Crippen MR) is 77.0 cm³/mol. The molecule has 0 radical (unpaired) electrons. The minimum Gasteiger partial charge on any atom is -0.465 e. The van der Waals surface area contributed by atoms with Crippen LogP contribution in [0.2, 0.25) is 0 Å². The summed E-state index contributed by atoms with van der Waals surface area (Å²) in [6, 6.07) is 4.81. The fraction of sp³-hybridized carbons (Fsp3) is 0.0667. The lowest BCUT2D eigenvalue weighted by Gasteiger charge is -2.02. The van der Waals surface area contributed by atoms with E-state index in [1.54, 1.807) is 0 Å². The number of benzene rings is 1. The number of hydrogen-bond donors (Lipinski definition) is 1. The number of nitrogens with one attached hydrogen (secondary N) is 1. The Bertz CT molecular complexity index is 778. The van der Waals surface area contributed by atoms with E-state index in [2.05, 4.69) is 20.2 Å². The van der Waals surface area contributed by atoms with Gasteiger partial charge >= 0.3 is 5.97 Å². The summed E-state index contributed by atoms with van der Waals surface area (Å²) in [6.45, 7) is 0. The van der Waals surface area contributed by atoms with E-state index in [0.29, 0.717) is 0 Å². The number of ether oxygens (including phenoxy) is 1. The molecule has 0 spiro atoms. The van der Waals surface area contributed by atoms with Crippen molar-refractivity contribution < 1.29 is 23.1 Å². The molecule has 0 unspecified atom stereocenters. The number of rotatable bonds is 4. The number of amides is 1. The third kappa shape index (κ3) is 3.94. The quantitative estimate of drug-likeness (QED) is 0.530. The van der Waals surface area contributed by atoms with Gasteiger partial charge in [-0.05, 0) is 24.3 Å². The van der Waals surface area contributed by atoms with Crippen LogP contribution < -0.4 is 5.43 Å². The molecule has 0 aliphatic carbocycles. The first kappa shape index (κ1) is 16.2. The number of halogens is 2. The molecule has 118 valence electrons. The fourth-order valence-corrected chi connectivity index (χ4v) is 1.66. The molecule has 23 heavy (non-hydrogen) atoms. The van der Waals surface area contributed by atoms with Crippen LogP contribution in [-0.2, 0) is 4.74 Å². The van der Waals surface area contributed by atoms with E-state index in [-0.39, 0.29) is 16.7 Å². The molecule has 1 aromatic heterocycles. The normalized spacial score (nSPS) is 10.6. The third-order valence-corrected chi connectivity index (χ3v) is 2.81. The zero-order valence-electron chi connectivity index (χ0n) is 11.9. The molecule has 6 nitrogen and oxygen atoms in total. The summed E-state index contributed by atoms with van der Waals surface area (Å²) in [6.07, 6.45) is 3.18. The lowest BCUT2D eigenvalue weighted by molar-refractivity contribution is 0.0600. The van der Waals surface area contributed by atoms with E-state index in [0.717, 1.165) is 18.5 Å². The highest BCUT2D eigenvalue weighted by atomic mass is 19.1. The average molecular weight is 319 g/mol. The number of methoxy groups -OCH3 is 1. The number of hydrazone groups is 1. The van der Waals surface area contributed by atoms with E-state index in [9.17, 15) is 18.4 Å². The molecule has 0 fully saturated rings. The van der Waals surface area contributed by atoms with Crippen molar-refractivity contribution in [3.05, 3.63) is 65.0 Å². The van der Waals surface area contributed by atoms with Crippen LogP contribution in [0.15, 0.2) is 41.8 Å². The van der Waals surface area contributed by atoms with Gasteiger partial charge < -0.3 is 4.74 Å². The first-order valence-corrected chi connectivity index (χ1v) is 6.33. The van der Waals surface area contributed by atoms with Crippen LogP contribution in [0.25, 0.3) is 0 Å². The second kappa shape index (κ2) is 7.21. The van der Waals surface area contributed by atoms with Crippen LogP contribution in [0.3, 0.4) is 0 Å². The minimum atomic E-state index is -0.798. The maximum absolute atomic E-state index is 13.8. The van der Waals surface area contributed by atoms with Crippen molar-refractivity contribution in [2.24, 2.45) is 5.10 Å². The molecule has 1 aromatic carbocycles. The average Bonchev–Trinajstić information content (AvgIpc) is 2.55. The molecule has 1 heterocycles. The Morgan fingerprint density at radius 3 is 2.70 bits per heavy atom. The van der Waals surface area contributed by atoms with Crippen LogP contribution in [0, 0.1) is 11.6 Å². The highest BCUT2D eigenvalue weighted by molar-refractivity contribution is 5.95. The molecule has 1 amide bonds. The number of nitrogens with zero attached hydrogens (tertiary/aromatic N) is 2. The van der Waals surface area contributed by atoms with Gasteiger partial charge in [0.1, 0.15) is 5.82 Å². The van der Waals surface area contributed by atoms with E-state index in [4.69, 9.17) is 0 Å². The largest absolute Gasteiger partial charge is 0.465 e. The number of esters is 1. The number of aromatic nitrogens is 1. The SMILES string of the molecule is COC(=O)c1ccc(/C=N/NC(=O)c2ccncc2F)c(F)c1. The number of carbonyl (C=O) groups is 2. The Labute approximate surface area is 129 Å². The van der Waals surface area contributed by atoms with Crippen LogP contribution in [-0.4, -0.2) is 30.2 Å². The molecule has 0 saturated heterocycles. The first-order valence-electron chi connectivity index (χ1n) is 6.33. The predicted octanol–water partition coefficient (Wildman–Crippen LogP) is 1.91. The molecule has 1 N–H and O–H groups in total. The summed E-state index contributed by atoms with van der Waals surface area (Å²) in [7, 11) is 1.18. The van der Waals surface area contributed by atoms with Gasteiger partial charge in [-0.25, -0.2) is 19.0 Å².